The lowest BCUT2D eigenvalue weighted by molar-refractivity contribution is -0.118. The van der Waals surface area contributed by atoms with Crippen LogP contribution in [0.3, 0.4) is 0 Å². The number of anilines is 1. The van der Waals surface area contributed by atoms with Crippen molar-refractivity contribution < 1.29 is 22.7 Å². The molecule has 200 valence electrons. The Hall–Kier alpha value is -3.56. The van der Waals surface area contributed by atoms with Crippen molar-refractivity contribution in [1.29, 1.82) is 0 Å². The maximum absolute atomic E-state index is 13.3. The SMILES string of the molecule is O=C(COc1ccc(S(=O)(=O)N2CCc3ccccc3C2)cc1Cl)Nc1cc(Cl)ccc1Oc1ccccc1. The number of ether oxygens (including phenoxy) is 2. The number of hydrogen-bond acceptors (Lipinski definition) is 5. The van der Waals surface area contributed by atoms with E-state index in [0.717, 1.165) is 11.1 Å². The molecule has 1 aliphatic rings. The van der Waals surface area contributed by atoms with Crippen molar-refractivity contribution >= 4 is 44.8 Å². The van der Waals surface area contributed by atoms with Gasteiger partial charge in [-0.05, 0) is 66.1 Å². The van der Waals surface area contributed by atoms with Gasteiger partial charge in [-0.15, -0.1) is 0 Å². The summed E-state index contributed by atoms with van der Waals surface area (Å²) < 4.78 is 39.4. The topological polar surface area (TPSA) is 84.9 Å². The number of benzene rings is 4. The number of fused-ring (bicyclic) bond motifs is 1. The number of nitrogens with zero attached hydrogens (tertiary/aromatic N) is 1. The molecule has 0 unspecified atom stereocenters. The first kappa shape index (κ1) is 27.0. The summed E-state index contributed by atoms with van der Waals surface area (Å²) in [5.41, 5.74) is 2.51. The van der Waals surface area contributed by atoms with Gasteiger partial charge in [-0.25, -0.2) is 8.42 Å². The van der Waals surface area contributed by atoms with Crippen LogP contribution in [0.15, 0.2) is 95.9 Å². The molecule has 10 heteroatoms. The summed E-state index contributed by atoms with van der Waals surface area (Å²) in [6.45, 7) is 0.314. The largest absolute Gasteiger partial charge is 0.482 e. The summed E-state index contributed by atoms with van der Waals surface area (Å²) in [7, 11) is -3.76. The molecule has 0 spiro atoms. The molecule has 0 saturated heterocycles. The van der Waals surface area contributed by atoms with Crippen LogP contribution in [0.5, 0.6) is 17.2 Å². The third-order valence-electron chi connectivity index (χ3n) is 6.18. The molecular weight excluding hydrogens is 559 g/mol. The Morgan fingerprint density at radius 1 is 0.872 bits per heavy atom. The van der Waals surface area contributed by atoms with Crippen LogP contribution in [-0.2, 0) is 27.8 Å². The van der Waals surface area contributed by atoms with Crippen molar-refractivity contribution in [2.24, 2.45) is 0 Å². The fourth-order valence-corrected chi connectivity index (χ4v) is 6.13. The lowest BCUT2D eigenvalue weighted by atomic mass is 10.0. The Morgan fingerprint density at radius 2 is 1.59 bits per heavy atom. The van der Waals surface area contributed by atoms with Crippen molar-refractivity contribution in [2.45, 2.75) is 17.9 Å². The molecule has 1 amide bonds. The maximum Gasteiger partial charge on any atom is 0.262 e. The molecule has 0 atom stereocenters. The zero-order valence-corrected chi connectivity index (χ0v) is 23.0. The van der Waals surface area contributed by atoms with Crippen molar-refractivity contribution in [2.75, 3.05) is 18.5 Å². The van der Waals surface area contributed by atoms with Gasteiger partial charge in [0.15, 0.2) is 12.4 Å². The van der Waals surface area contributed by atoms with Gasteiger partial charge in [0.2, 0.25) is 10.0 Å². The number of carbonyl (C=O) groups excluding carboxylic acids is 1. The summed E-state index contributed by atoms with van der Waals surface area (Å²) in [5, 5.41) is 3.23. The van der Waals surface area contributed by atoms with Crippen LogP contribution >= 0.6 is 23.2 Å². The molecule has 1 heterocycles. The summed E-state index contributed by atoms with van der Waals surface area (Å²) in [6, 6.07) is 26.0. The highest BCUT2D eigenvalue weighted by Gasteiger charge is 2.28. The van der Waals surface area contributed by atoms with Gasteiger partial charge in [-0.1, -0.05) is 65.7 Å². The summed E-state index contributed by atoms with van der Waals surface area (Å²) in [6.07, 6.45) is 0.643. The van der Waals surface area contributed by atoms with Crippen molar-refractivity contribution in [3.8, 4) is 17.2 Å². The number of rotatable bonds is 8. The third-order valence-corrected chi connectivity index (χ3v) is 8.55. The molecule has 0 saturated carbocycles. The lowest BCUT2D eigenvalue weighted by Gasteiger charge is -2.28. The molecular formula is C29H24Cl2N2O5S. The highest BCUT2D eigenvalue weighted by Crippen LogP contribution is 2.33. The van der Waals surface area contributed by atoms with E-state index >= 15 is 0 Å². The van der Waals surface area contributed by atoms with E-state index in [4.69, 9.17) is 32.7 Å². The van der Waals surface area contributed by atoms with Crippen molar-refractivity contribution in [3.05, 3.63) is 112 Å². The number of para-hydroxylation sites is 1. The molecule has 4 aromatic carbocycles. The van der Waals surface area contributed by atoms with E-state index in [0.29, 0.717) is 41.7 Å². The Morgan fingerprint density at radius 3 is 2.36 bits per heavy atom. The van der Waals surface area contributed by atoms with E-state index in [1.54, 1.807) is 30.3 Å². The Kier molecular flexibility index (Phi) is 8.09. The number of hydrogen-bond donors (Lipinski definition) is 1. The zero-order chi connectivity index (χ0) is 27.4. The molecule has 0 radical (unpaired) electrons. The Balaban J connectivity index is 1.24. The van der Waals surface area contributed by atoms with E-state index in [1.165, 1.54) is 22.5 Å². The number of halogens is 2. The van der Waals surface area contributed by atoms with Gasteiger partial charge < -0.3 is 14.8 Å². The second kappa shape index (κ2) is 11.7. The predicted octanol–water partition coefficient (Wildman–Crippen LogP) is 6.55. The first-order valence-corrected chi connectivity index (χ1v) is 14.3. The monoisotopic (exact) mass is 582 g/mol. The molecule has 0 fully saturated rings. The maximum atomic E-state index is 13.3. The average Bonchev–Trinajstić information content (AvgIpc) is 2.94. The quantitative estimate of drug-likeness (QED) is 0.254. The number of carbonyl (C=O) groups is 1. The van der Waals surface area contributed by atoms with Crippen molar-refractivity contribution in [1.82, 2.24) is 4.31 Å². The van der Waals surface area contributed by atoms with Crippen LogP contribution in [0.2, 0.25) is 10.0 Å². The average molecular weight is 583 g/mol. The minimum atomic E-state index is -3.76. The first-order chi connectivity index (χ1) is 18.8. The van der Waals surface area contributed by atoms with Gasteiger partial charge in [0, 0.05) is 18.1 Å². The summed E-state index contributed by atoms with van der Waals surface area (Å²) in [5.74, 6) is 0.713. The van der Waals surface area contributed by atoms with Crippen LogP contribution in [0, 0.1) is 0 Å². The summed E-state index contributed by atoms with van der Waals surface area (Å²) >= 11 is 12.5. The third kappa shape index (κ3) is 6.37. The van der Waals surface area contributed by atoms with Gasteiger partial charge in [0.1, 0.15) is 11.5 Å². The standard InChI is InChI=1S/C29H24Cl2N2O5S/c30-22-10-12-28(38-23-8-2-1-3-9-23)26(16-22)32-29(34)19-37-27-13-11-24(17-25(27)31)39(35,36)33-15-14-20-6-4-5-7-21(20)18-33/h1-13,16-17H,14-15,18-19H2,(H,32,34). The second-order valence-electron chi connectivity index (χ2n) is 8.84. The molecule has 0 aliphatic carbocycles. The highest BCUT2D eigenvalue weighted by molar-refractivity contribution is 7.89. The van der Waals surface area contributed by atoms with E-state index in [2.05, 4.69) is 5.32 Å². The van der Waals surface area contributed by atoms with Gasteiger partial charge >= 0.3 is 0 Å². The normalized spacial score (nSPS) is 13.4. The van der Waals surface area contributed by atoms with Crippen LogP contribution in [0.4, 0.5) is 5.69 Å². The molecule has 0 bridgehead atoms. The molecule has 5 rings (SSSR count). The minimum absolute atomic E-state index is 0.0605. The summed E-state index contributed by atoms with van der Waals surface area (Å²) in [4.78, 5) is 12.7. The van der Waals surface area contributed by atoms with Gasteiger partial charge in [-0.2, -0.15) is 4.31 Å². The molecule has 1 aliphatic heterocycles. The number of nitrogens with one attached hydrogen (secondary N) is 1. The van der Waals surface area contributed by atoms with E-state index in [9.17, 15) is 13.2 Å². The van der Waals surface area contributed by atoms with Crippen LogP contribution in [-0.4, -0.2) is 31.8 Å². The zero-order valence-electron chi connectivity index (χ0n) is 20.6. The van der Waals surface area contributed by atoms with Gasteiger partial charge in [-0.3, -0.25) is 4.79 Å². The number of amides is 1. The predicted molar refractivity (Wildman–Crippen MR) is 151 cm³/mol. The first-order valence-electron chi connectivity index (χ1n) is 12.1. The Bertz CT molecular complexity index is 1610. The highest BCUT2D eigenvalue weighted by atomic mass is 35.5. The van der Waals surface area contributed by atoms with Crippen molar-refractivity contribution in [3.63, 3.8) is 0 Å². The molecule has 1 N–H and O–H groups in total. The molecule has 7 nitrogen and oxygen atoms in total. The fraction of sp³-hybridized carbons (Fsp3) is 0.138. The van der Waals surface area contributed by atoms with Crippen LogP contribution in [0.25, 0.3) is 0 Å². The molecule has 0 aromatic heterocycles. The molecule has 39 heavy (non-hydrogen) atoms. The van der Waals surface area contributed by atoms with E-state index in [-0.39, 0.29) is 22.3 Å². The Labute approximate surface area is 236 Å². The fourth-order valence-electron chi connectivity index (χ4n) is 4.22. The van der Waals surface area contributed by atoms with Gasteiger partial charge in [0.25, 0.3) is 5.91 Å². The smallest absolute Gasteiger partial charge is 0.262 e. The van der Waals surface area contributed by atoms with E-state index < -0.39 is 15.9 Å². The molecule has 4 aromatic rings. The minimum Gasteiger partial charge on any atom is -0.482 e. The van der Waals surface area contributed by atoms with Crippen LogP contribution in [0.1, 0.15) is 11.1 Å². The van der Waals surface area contributed by atoms with Crippen LogP contribution < -0.4 is 14.8 Å². The lowest BCUT2D eigenvalue weighted by Crippen LogP contribution is -2.35. The van der Waals surface area contributed by atoms with Gasteiger partial charge in [0.05, 0.1) is 15.6 Å². The number of sulfonamides is 1. The second-order valence-corrected chi connectivity index (χ2v) is 11.6. The van der Waals surface area contributed by atoms with E-state index in [1.807, 2.05) is 42.5 Å².